The molecule has 0 spiro atoms. The Hall–Kier alpha value is -4.43. The highest BCUT2D eigenvalue weighted by Gasteiger charge is 2.13. The molecule has 0 atom stereocenters. The van der Waals surface area contributed by atoms with Crippen LogP contribution in [0.15, 0.2) is 97.5 Å². The van der Waals surface area contributed by atoms with Gasteiger partial charge in [0.25, 0.3) is 5.91 Å². The lowest BCUT2D eigenvalue weighted by atomic mass is 10.1. The Labute approximate surface area is 206 Å². The molecule has 3 aromatic carbocycles. The molecule has 35 heavy (non-hydrogen) atoms. The second kappa shape index (κ2) is 10.2. The topological polar surface area (TPSA) is 86.9 Å². The van der Waals surface area contributed by atoms with E-state index in [2.05, 4.69) is 32.6 Å². The van der Waals surface area contributed by atoms with E-state index in [9.17, 15) is 4.79 Å². The molecule has 8 nitrogen and oxygen atoms in total. The third kappa shape index (κ3) is 5.74. The number of amides is 1. The van der Waals surface area contributed by atoms with E-state index in [4.69, 9.17) is 16.3 Å². The summed E-state index contributed by atoms with van der Waals surface area (Å²) in [5.74, 6) is 0.499. The van der Waals surface area contributed by atoms with E-state index in [1.54, 1.807) is 28.0 Å². The Morgan fingerprint density at radius 1 is 0.886 bits per heavy atom. The summed E-state index contributed by atoms with van der Waals surface area (Å²) in [6.45, 7) is 0.659. The van der Waals surface area contributed by atoms with Gasteiger partial charge in [0.05, 0.1) is 6.54 Å². The molecule has 5 rings (SSSR count). The second-order valence-corrected chi connectivity index (χ2v) is 8.19. The lowest BCUT2D eigenvalue weighted by molar-refractivity contribution is 0.101. The van der Waals surface area contributed by atoms with E-state index in [0.29, 0.717) is 17.3 Å². The first-order valence-electron chi connectivity index (χ1n) is 10.9. The molecule has 0 fully saturated rings. The van der Waals surface area contributed by atoms with Gasteiger partial charge in [-0.25, -0.2) is 14.3 Å². The van der Waals surface area contributed by atoms with E-state index in [0.717, 1.165) is 16.7 Å². The van der Waals surface area contributed by atoms with E-state index >= 15 is 0 Å². The van der Waals surface area contributed by atoms with Crippen molar-refractivity contribution in [2.45, 2.75) is 13.3 Å². The first-order valence-corrected chi connectivity index (χ1v) is 11.3. The van der Waals surface area contributed by atoms with Crippen LogP contribution < -0.4 is 10.1 Å². The number of ether oxygens (including phenoxy) is 1. The van der Waals surface area contributed by atoms with Gasteiger partial charge in [0.1, 0.15) is 12.1 Å². The van der Waals surface area contributed by atoms with Crippen LogP contribution in [-0.2, 0) is 13.3 Å². The minimum Gasteiger partial charge on any atom is -0.471 e. The van der Waals surface area contributed by atoms with Crippen molar-refractivity contribution in [3.63, 3.8) is 0 Å². The highest BCUT2D eigenvalue weighted by Crippen LogP contribution is 2.22. The van der Waals surface area contributed by atoms with E-state index < -0.39 is 5.91 Å². The summed E-state index contributed by atoms with van der Waals surface area (Å²) in [5.41, 5.74) is 3.47. The normalized spacial score (nSPS) is 10.8. The summed E-state index contributed by atoms with van der Waals surface area (Å²) in [6.07, 6.45) is 3.23. The maximum absolute atomic E-state index is 12.6. The predicted octanol–water partition coefficient (Wildman–Crippen LogP) is 5.13. The van der Waals surface area contributed by atoms with Gasteiger partial charge in [-0.2, -0.15) is 5.10 Å². The smallest absolute Gasteiger partial charge is 0.278 e. The van der Waals surface area contributed by atoms with Crippen LogP contribution in [0.4, 0.5) is 5.95 Å². The van der Waals surface area contributed by atoms with Gasteiger partial charge in [-0.3, -0.25) is 10.1 Å². The van der Waals surface area contributed by atoms with Crippen LogP contribution >= 0.6 is 11.6 Å². The fraction of sp³-hybridized carbons (Fsp3) is 0.0769. The fourth-order valence-corrected chi connectivity index (χ4v) is 3.70. The zero-order valence-corrected chi connectivity index (χ0v) is 19.3. The van der Waals surface area contributed by atoms with Crippen molar-refractivity contribution in [3.8, 4) is 16.9 Å². The van der Waals surface area contributed by atoms with Gasteiger partial charge in [0, 0.05) is 11.2 Å². The van der Waals surface area contributed by atoms with Crippen molar-refractivity contribution in [2.24, 2.45) is 0 Å². The number of nitrogens with one attached hydrogen (secondary N) is 1. The highest BCUT2D eigenvalue weighted by molar-refractivity contribution is 6.30. The van der Waals surface area contributed by atoms with Crippen molar-refractivity contribution < 1.29 is 9.53 Å². The van der Waals surface area contributed by atoms with Crippen molar-refractivity contribution in [1.82, 2.24) is 24.5 Å². The molecule has 0 saturated heterocycles. The van der Waals surface area contributed by atoms with Crippen LogP contribution in [0.3, 0.4) is 0 Å². The van der Waals surface area contributed by atoms with Crippen molar-refractivity contribution in [3.05, 3.63) is 114 Å². The molecule has 1 N–H and O–H groups in total. The standard InChI is InChI=1S/C26H21ClN6O2/c27-22-8-4-5-19(15-22)16-33-17-28-26(31-33)29-25(34)24-13-14-32(30-24)18-35-23-11-9-21(10-12-23)20-6-2-1-3-7-20/h1-15,17H,16,18H2,(H,29,31,34). The van der Waals surface area contributed by atoms with E-state index in [1.807, 2.05) is 66.7 Å². The molecule has 0 aliphatic heterocycles. The summed E-state index contributed by atoms with van der Waals surface area (Å²) in [5, 5.41) is 11.9. The molecule has 0 bridgehead atoms. The number of hydrogen-bond donors (Lipinski definition) is 1. The quantitative estimate of drug-likeness (QED) is 0.330. The minimum absolute atomic E-state index is 0.171. The van der Waals surface area contributed by atoms with Crippen LogP contribution in [0.5, 0.6) is 5.75 Å². The number of halogens is 1. The molecule has 0 unspecified atom stereocenters. The Balaban J connectivity index is 1.15. The molecular formula is C26H21ClN6O2. The average molecular weight is 485 g/mol. The van der Waals surface area contributed by atoms with Gasteiger partial charge in [0.2, 0.25) is 5.95 Å². The van der Waals surface area contributed by atoms with E-state index in [1.165, 1.54) is 0 Å². The van der Waals surface area contributed by atoms with Gasteiger partial charge >= 0.3 is 0 Å². The first-order chi connectivity index (χ1) is 17.1. The van der Waals surface area contributed by atoms with Crippen molar-refractivity contribution >= 4 is 23.5 Å². The Morgan fingerprint density at radius 2 is 1.69 bits per heavy atom. The number of hydrogen-bond acceptors (Lipinski definition) is 5. The molecule has 0 saturated carbocycles. The summed E-state index contributed by atoms with van der Waals surface area (Å²) in [7, 11) is 0. The molecular weight excluding hydrogens is 464 g/mol. The SMILES string of the molecule is O=C(Nc1ncn(Cc2cccc(Cl)c2)n1)c1ccn(COc2ccc(-c3ccccc3)cc2)n1. The maximum atomic E-state index is 12.6. The summed E-state index contributed by atoms with van der Waals surface area (Å²) < 4.78 is 8.96. The van der Waals surface area contributed by atoms with Crippen molar-refractivity contribution in [1.29, 1.82) is 0 Å². The largest absolute Gasteiger partial charge is 0.471 e. The highest BCUT2D eigenvalue weighted by atomic mass is 35.5. The summed E-state index contributed by atoms with van der Waals surface area (Å²) in [6, 6.07) is 27.0. The lowest BCUT2D eigenvalue weighted by Gasteiger charge is -2.07. The molecule has 1 amide bonds. The number of carbonyl (C=O) groups is 1. The van der Waals surface area contributed by atoms with Crippen LogP contribution in [0.25, 0.3) is 11.1 Å². The number of nitrogens with zero attached hydrogens (tertiary/aromatic N) is 5. The first kappa shape index (κ1) is 22.4. The van der Waals surface area contributed by atoms with E-state index in [-0.39, 0.29) is 18.4 Å². The molecule has 0 aliphatic rings. The van der Waals surface area contributed by atoms with Crippen molar-refractivity contribution in [2.75, 3.05) is 5.32 Å². The zero-order chi connectivity index (χ0) is 24.0. The van der Waals surface area contributed by atoms with Gasteiger partial charge in [-0.05, 0) is 47.0 Å². The molecule has 2 heterocycles. The van der Waals surface area contributed by atoms with Crippen LogP contribution in [0, 0.1) is 0 Å². The van der Waals surface area contributed by atoms with Gasteiger partial charge in [-0.15, -0.1) is 5.10 Å². The number of carbonyl (C=O) groups excluding carboxylic acids is 1. The molecule has 9 heteroatoms. The number of aromatic nitrogens is 5. The van der Waals surface area contributed by atoms with Gasteiger partial charge < -0.3 is 4.74 Å². The molecule has 0 radical (unpaired) electrons. The number of anilines is 1. The number of benzene rings is 3. The summed E-state index contributed by atoms with van der Waals surface area (Å²) >= 11 is 6.02. The zero-order valence-electron chi connectivity index (χ0n) is 18.6. The molecule has 5 aromatic rings. The minimum atomic E-state index is -0.406. The average Bonchev–Trinajstić information content (AvgIpc) is 3.53. The Morgan fingerprint density at radius 3 is 2.49 bits per heavy atom. The van der Waals surface area contributed by atoms with Crippen LogP contribution in [0.2, 0.25) is 5.02 Å². The summed E-state index contributed by atoms with van der Waals surface area (Å²) in [4.78, 5) is 16.7. The molecule has 0 aliphatic carbocycles. The number of rotatable bonds is 8. The van der Waals surface area contributed by atoms with Gasteiger partial charge in [0.15, 0.2) is 12.4 Å². The lowest BCUT2D eigenvalue weighted by Crippen LogP contribution is -2.15. The Bertz CT molecular complexity index is 1430. The predicted molar refractivity (Wildman–Crippen MR) is 133 cm³/mol. The fourth-order valence-electron chi connectivity index (χ4n) is 3.49. The monoisotopic (exact) mass is 484 g/mol. The van der Waals surface area contributed by atoms with Crippen LogP contribution in [-0.4, -0.2) is 30.5 Å². The third-order valence-corrected chi connectivity index (χ3v) is 5.43. The van der Waals surface area contributed by atoms with Gasteiger partial charge in [-0.1, -0.05) is 66.2 Å². The Kier molecular flexibility index (Phi) is 6.54. The third-order valence-electron chi connectivity index (χ3n) is 5.19. The molecule has 2 aromatic heterocycles. The second-order valence-electron chi connectivity index (χ2n) is 7.75. The maximum Gasteiger partial charge on any atom is 0.278 e. The molecule has 174 valence electrons. The van der Waals surface area contributed by atoms with Crippen LogP contribution in [0.1, 0.15) is 16.1 Å².